The van der Waals surface area contributed by atoms with E-state index < -0.39 is 7.12 Å². The molecule has 0 saturated carbocycles. The van der Waals surface area contributed by atoms with E-state index in [1.54, 1.807) is 12.1 Å². The summed E-state index contributed by atoms with van der Waals surface area (Å²) in [6.45, 7) is 0. The molecule has 0 aromatic heterocycles. The van der Waals surface area contributed by atoms with Gasteiger partial charge in [0.15, 0.2) is 0 Å². The SMILES string of the molecule is OB(O)c1ccc(-c2ccc(-c3ccccc3)cc2)cc1. The van der Waals surface area contributed by atoms with Crippen molar-refractivity contribution in [2.75, 3.05) is 0 Å². The maximum Gasteiger partial charge on any atom is 0.488 e. The highest BCUT2D eigenvalue weighted by molar-refractivity contribution is 6.58. The molecule has 3 rings (SSSR count). The predicted molar refractivity (Wildman–Crippen MR) is 87.1 cm³/mol. The highest BCUT2D eigenvalue weighted by atomic mass is 16.4. The highest BCUT2D eigenvalue weighted by Crippen LogP contribution is 2.24. The number of hydrogen-bond acceptors (Lipinski definition) is 2. The first kappa shape index (κ1) is 13.6. The standard InChI is InChI=1S/C18H15BO2/c20-19(21)18-12-10-17(11-13-18)16-8-6-15(7-9-16)14-4-2-1-3-5-14/h1-13,20-21H. The van der Waals surface area contributed by atoms with Crippen molar-refractivity contribution in [3.05, 3.63) is 78.9 Å². The van der Waals surface area contributed by atoms with Gasteiger partial charge in [-0.2, -0.15) is 0 Å². The van der Waals surface area contributed by atoms with Crippen molar-refractivity contribution in [1.29, 1.82) is 0 Å². The zero-order valence-corrected chi connectivity index (χ0v) is 11.5. The largest absolute Gasteiger partial charge is 0.488 e. The van der Waals surface area contributed by atoms with Gasteiger partial charge < -0.3 is 10.0 Å². The minimum absolute atomic E-state index is 0.500. The fourth-order valence-corrected chi connectivity index (χ4v) is 2.33. The first-order valence-corrected chi connectivity index (χ1v) is 6.86. The van der Waals surface area contributed by atoms with Gasteiger partial charge in [0.05, 0.1) is 0 Å². The molecule has 2 N–H and O–H groups in total. The maximum absolute atomic E-state index is 9.10. The minimum atomic E-state index is -1.42. The predicted octanol–water partition coefficient (Wildman–Crippen LogP) is 2.70. The molecule has 0 saturated heterocycles. The topological polar surface area (TPSA) is 40.5 Å². The zero-order chi connectivity index (χ0) is 14.7. The Morgan fingerprint density at radius 1 is 0.476 bits per heavy atom. The fraction of sp³-hybridized carbons (Fsp3) is 0. The highest BCUT2D eigenvalue weighted by Gasteiger charge is 2.10. The molecule has 3 heteroatoms. The van der Waals surface area contributed by atoms with E-state index in [4.69, 9.17) is 10.0 Å². The summed E-state index contributed by atoms with van der Waals surface area (Å²) >= 11 is 0. The van der Waals surface area contributed by atoms with Crippen LogP contribution in [0.1, 0.15) is 0 Å². The zero-order valence-electron chi connectivity index (χ0n) is 11.5. The molecule has 0 aliphatic heterocycles. The van der Waals surface area contributed by atoms with Crippen molar-refractivity contribution >= 4 is 12.6 Å². The lowest BCUT2D eigenvalue weighted by molar-refractivity contribution is 0.426. The third kappa shape index (κ3) is 3.05. The second-order valence-electron chi connectivity index (χ2n) is 4.94. The summed E-state index contributed by atoms with van der Waals surface area (Å²) in [5.41, 5.74) is 5.04. The summed E-state index contributed by atoms with van der Waals surface area (Å²) in [6.07, 6.45) is 0. The van der Waals surface area contributed by atoms with Crippen LogP contribution in [0.15, 0.2) is 78.9 Å². The summed E-state index contributed by atoms with van der Waals surface area (Å²) in [6, 6.07) is 25.8. The summed E-state index contributed by atoms with van der Waals surface area (Å²) in [7, 11) is -1.42. The second-order valence-corrected chi connectivity index (χ2v) is 4.94. The van der Waals surface area contributed by atoms with Crippen molar-refractivity contribution in [1.82, 2.24) is 0 Å². The number of benzene rings is 3. The van der Waals surface area contributed by atoms with Gasteiger partial charge in [0.2, 0.25) is 0 Å². The third-order valence-corrected chi connectivity index (χ3v) is 3.53. The van der Waals surface area contributed by atoms with E-state index in [0.29, 0.717) is 5.46 Å². The van der Waals surface area contributed by atoms with Gasteiger partial charge in [-0.3, -0.25) is 0 Å². The van der Waals surface area contributed by atoms with Gasteiger partial charge in [-0.1, -0.05) is 78.9 Å². The van der Waals surface area contributed by atoms with Gasteiger partial charge in [0, 0.05) is 0 Å². The van der Waals surface area contributed by atoms with Crippen LogP contribution >= 0.6 is 0 Å². The molecule has 0 unspecified atom stereocenters. The molecule has 21 heavy (non-hydrogen) atoms. The Hall–Kier alpha value is -2.36. The van der Waals surface area contributed by atoms with Gasteiger partial charge in [-0.05, 0) is 27.7 Å². The van der Waals surface area contributed by atoms with Crippen LogP contribution < -0.4 is 5.46 Å². The van der Waals surface area contributed by atoms with E-state index in [1.165, 1.54) is 11.1 Å². The summed E-state index contributed by atoms with van der Waals surface area (Å²) in [5.74, 6) is 0. The molecule has 3 aromatic carbocycles. The van der Waals surface area contributed by atoms with Crippen LogP contribution in [-0.2, 0) is 0 Å². The van der Waals surface area contributed by atoms with Crippen LogP contribution in [0.4, 0.5) is 0 Å². The van der Waals surface area contributed by atoms with Gasteiger partial charge in [0.1, 0.15) is 0 Å². The van der Waals surface area contributed by atoms with Crippen LogP contribution in [0.2, 0.25) is 0 Å². The Morgan fingerprint density at radius 2 is 0.857 bits per heavy atom. The van der Waals surface area contributed by atoms with Crippen LogP contribution in [0, 0.1) is 0 Å². The first-order chi connectivity index (χ1) is 10.2. The molecule has 2 nitrogen and oxygen atoms in total. The Balaban J connectivity index is 1.87. The molecule has 0 spiro atoms. The Kier molecular flexibility index (Phi) is 3.86. The van der Waals surface area contributed by atoms with Crippen molar-refractivity contribution < 1.29 is 10.0 Å². The normalized spacial score (nSPS) is 10.4. The molecular weight excluding hydrogens is 259 g/mol. The van der Waals surface area contributed by atoms with Crippen molar-refractivity contribution in [2.24, 2.45) is 0 Å². The van der Waals surface area contributed by atoms with E-state index in [-0.39, 0.29) is 0 Å². The van der Waals surface area contributed by atoms with Crippen molar-refractivity contribution in [2.45, 2.75) is 0 Å². The van der Waals surface area contributed by atoms with E-state index in [2.05, 4.69) is 36.4 Å². The van der Waals surface area contributed by atoms with Crippen molar-refractivity contribution in [3.8, 4) is 22.3 Å². The minimum Gasteiger partial charge on any atom is -0.423 e. The lowest BCUT2D eigenvalue weighted by Gasteiger charge is -2.06. The molecule has 0 amide bonds. The summed E-state index contributed by atoms with van der Waals surface area (Å²) in [4.78, 5) is 0. The van der Waals surface area contributed by atoms with E-state index in [1.807, 2.05) is 30.3 Å². The van der Waals surface area contributed by atoms with E-state index >= 15 is 0 Å². The molecule has 0 bridgehead atoms. The quantitative estimate of drug-likeness (QED) is 0.721. The average Bonchev–Trinajstić information content (AvgIpc) is 2.56. The van der Waals surface area contributed by atoms with Gasteiger partial charge >= 0.3 is 7.12 Å². The van der Waals surface area contributed by atoms with Crippen LogP contribution in [0.5, 0.6) is 0 Å². The molecule has 0 aliphatic rings. The lowest BCUT2D eigenvalue weighted by Crippen LogP contribution is -2.29. The Labute approximate surface area is 124 Å². The average molecular weight is 274 g/mol. The lowest BCUT2D eigenvalue weighted by atomic mass is 9.80. The molecule has 3 aromatic rings. The monoisotopic (exact) mass is 274 g/mol. The number of hydrogen-bond donors (Lipinski definition) is 2. The Morgan fingerprint density at radius 3 is 1.29 bits per heavy atom. The molecular formula is C18H15BO2. The van der Waals surface area contributed by atoms with Crippen LogP contribution in [-0.4, -0.2) is 17.2 Å². The van der Waals surface area contributed by atoms with E-state index in [9.17, 15) is 0 Å². The Bertz CT molecular complexity index is 704. The van der Waals surface area contributed by atoms with Crippen LogP contribution in [0.3, 0.4) is 0 Å². The molecule has 0 radical (unpaired) electrons. The van der Waals surface area contributed by atoms with E-state index in [0.717, 1.165) is 11.1 Å². The second kappa shape index (κ2) is 5.96. The summed E-state index contributed by atoms with van der Waals surface area (Å²) in [5, 5.41) is 18.2. The summed E-state index contributed by atoms with van der Waals surface area (Å²) < 4.78 is 0. The number of rotatable bonds is 3. The van der Waals surface area contributed by atoms with Crippen LogP contribution in [0.25, 0.3) is 22.3 Å². The fourth-order valence-electron chi connectivity index (χ4n) is 2.33. The maximum atomic E-state index is 9.10. The van der Waals surface area contributed by atoms with Gasteiger partial charge in [-0.25, -0.2) is 0 Å². The first-order valence-electron chi connectivity index (χ1n) is 6.86. The molecule has 0 aliphatic carbocycles. The smallest absolute Gasteiger partial charge is 0.423 e. The molecule has 0 heterocycles. The molecule has 0 fully saturated rings. The molecule has 102 valence electrons. The third-order valence-electron chi connectivity index (χ3n) is 3.53. The van der Waals surface area contributed by atoms with Crippen molar-refractivity contribution in [3.63, 3.8) is 0 Å². The molecule has 0 atom stereocenters. The van der Waals surface area contributed by atoms with Gasteiger partial charge in [0.25, 0.3) is 0 Å². The van der Waals surface area contributed by atoms with Gasteiger partial charge in [-0.15, -0.1) is 0 Å².